The summed E-state index contributed by atoms with van der Waals surface area (Å²) >= 11 is 0. The number of carbonyl (C=O) groups excluding carboxylic acids is 1. The lowest BCUT2D eigenvalue weighted by molar-refractivity contribution is -0.141. The lowest BCUT2D eigenvalue weighted by Gasteiger charge is -2.12. The molecule has 9 heteroatoms. The van der Waals surface area contributed by atoms with Gasteiger partial charge in [0.1, 0.15) is 17.3 Å². The van der Waals surface area contributed by atoms with E-state index < -0.39 is 40.9 Å². The van der Waals surface area contributed by atoms with Gasteiger partial charge in [-0.2, -0.15) is 13.2 Å². The predicted octanol–water partition coefficient (Wildman–Crippen LogP) is 0.987. The highest BCUT2D eigenvalue weighted by Crippen LogP contribution is 2.26. The molecule has 1 amide bonds. The van der Waals surface area contributed by atoms with E-state index in [1.54, 1.807) is 0 Å². The number of halogens is 3. The van der Waals surface area contributed by atoms with Crippen molar-refractivity contribution in [3.63, 3.8) is 0 Å². The molecule has 0 radical (unpaired) electrons. The molecule has 0 fully saturated rings. The second kappa shape index (κ2) is 5.76. The third kappa shape index (κ3) is 3.59. The van der Waals surface area contributed by atoms with Gasteiger partial charge < -0.3 is 15.4 Å². The molecule has 0 aromatic carbocycles. The van der Waals surface area contributed by atoms with Crippen LogP contribution in [-0.4, -0.2) is 28.0 Å². The van der Waals surface area contributed by atoms with Crippen molar-refractivity contribution < 1.29 is 27.9 Å². The molecule has 0 aliphatic rings. The van der Waals surface area contributed by atoms with Gasteiger partial charge in [-0.05, 0) is 18.6 Å². The predicted molar refractivity (Wildman–Crippen MR) is 61.2 cm³/mol. The number of hydrogen-bond acceptors (Lipinski definition) is 3. The quantitative estimate of drug-likeness (QED) is 0.770. The zero-order chi connectivity index (χ0) is 15.5. The molecular formula is C11H11F3N2O4. The van der Waals surface area contributed by atoms with Gasteiger partial charge in [-0.1, -0.05) is 6.92 Å². The number of carboxylic acids is 1. The molecular weight excluding hydrogens is 281 g/mol. The number of pyridine rings is 1. The number of carboxylic acid groups (broad SMARTS) is 1. The highest BCUT2D eigenvalue weighted by molar-refractivity contribution is 5.96. The Hall–Kier alpha value is -2.32. The minimum absolute atomic E-state index is 0.0691. The molecule has 0 saturated heterocycles. The molecule has 0 aliphatic carbocycles. The number of nitrogens with one attached hydrogen (secondary N) is 2. The first-order valence-corrected chi connectivity index (χ1v) is 5.51. The first-order chi connectivity index (χ1) is 9.16. The largest absolute Gasteiger partial charge is 0.480 e. The van der Waals surface area contributed by atoms with E-state index in [0.29, 0.717) is 12.1 Å². The fourth-order valence-corrected chi connectivity index (χ4v) is 1.39. The van der Waals surface area contributed by atoms with Crippen molar-refractivity contribution in [2.45, 2.75) is 25.6 Å². The van der Waals surface area contributed by atoms with Crippen LogP contribution in [0.1, 0.15) is 29.4 Å². The van der Waals surface area contributed by atoms with Gasteiger partial charge in [-0.3, -0.25) is 9.59 Å². The molecule has 3 N–H and O–H groups in total. The van der Waals surface area contributed by atoms with Crippen LogP contribution in [0.3, 0.4) is 0 Å². The Bertz CT molecular complexity index is 580. The van der Waals surface area contributed by atoms with Crippen LogP contribution < -0.4 is 10.9 Å². The summed E-state index contributed by atoms with van der Waals surface area (Å²) in [6.45, 7) is 1.50. The van der Waals surface area contributed by atoms with Crippen LogP contribution in [0.2, 0.25) is 0 Å². The Morgan fingerprint density at radius 1 is 1.40 bits per heavy atom. The van der Waals surface area contributed by atoms with Crippen LogP contribution in [0.25, 0.3) is 0 Å². The van der Waals surface area contributed by atoms with Crippen molar-refractivity contribution in [1.82, 2.24) is 10.3 Å². The normalized spacial score (nSPS) is 12.8. The monoisotopic (exact) mass is 292 g/mol. The standard InChI is InChI=1S/C11H11F3N2O4/c1-2-6(10(19)20)15-8(17)5-3-4-7(11(12,13)14)16-9(5)18/h3-4,6H,2H2,1H3,(H,15,17)(H,16,18)(H,19,20)/t6-/m0/s1. The lowest BCUT2D eigenvalue weighted by Crippen LogP contribution is -2.42. The molecule has 1 atom stereocenters. The van der Waals surface area contributed by atoms with Gasteiger partial charge in [-0.15, -0.1) is 0 Å². The van der Waals surface area contributed by atoms with E-state index in [4.69, 9.17) is 5.11 Å². The van der Waals surface area contributed by atoms with Crippen molar-refractivity contribution in [2.24, 2.45) is 0 Å². The third-order valence-electron chi connectivity index (χ3n) is 2.47. The number of H-pyrrole nitrogens is 1. The van der Waals surface area contributed by atoms with Gasteiger partial charge in [0.05, 0.1) is 0 Å². The second-order valence-corrected chi connectivity index (χ2v) is 3.89. The minimum atomic E-state index is -4.73. The first kappa shape index (κ1) is 15.7. The molecule has 0 bridgehead atoms. The number of carbonyl (C=O) groups is 2. The third-order valence-corrected chi connectivity index (χ3v) is 2.47. The molecule has 1 aromatic heterocycles. The molecule has 0 spiro atoms. The Balaban J connectivity index is 3.01. The summed E-state index contributed by atoms with van der Waals surface area (Å²) in [6, 6.07) is 0.0213. The summed E-state index contributed by atoms with van der Waals surface area (Å²) in [7, 11) is 0. The number of hydrogen-bond donors (Lipinski definition) is 3. The number of rotatable bonds is 4. The van der Waals surface area contributed by atoms with E-state index in [-0.39, 0.29) is 6.42 Å². The van der Waals surface area contributed by atoms with Gasteiger partial charge >= 0.3 is 12.1 Å². The summed E-state index contributed by atoms with van der Waals surface area (Å²) in [5.74, 6) is -2.35. The Morgan fingerprint density at radius 3 is 2.40 bits per heavy atom. The second-order valence-electron chi connectivity index (χ2n) is 3.89. The van der Waals surface area contributed by atoms with Crippen LogP contribution in [0.15, 0.2) is 16.9 Å². The van der Waals surface area contributed by atoms with Gasteiger partial charge in [0.2, 0.25) is 0 Å². The molecule has 6 nitrogen and oxygen atoms in total. The maximum atomic E-state index is 12.3. The van der Waals surface area contributed by atoms with E-state index in [0.717, 1.165) is 0 Å². The first-order valence-electron chi connectivity index (χ1n) is 5.51. The van der Waals surface area contributed by atoms with Crippen LogP contribution in [0.4, 0.5) is 13.2 Å². The van der Waals surface area contributed by atoms with Gasteiger partial charge in [0, 0.05) is 0 Å². The molecule has 20 heavy (non-hydrogen) atoms. The molecule has 0 saturated carbocycles. The maximum absolute atomic E-state index is 12.3. The van der Waals surface area contributed by atoms with Crippen molar-refractivity contribution in [3.05, 3.63) is 33.7 Å². The smallest absolute Gasteiger partial charge is 0.431 e. The summed E-state index contributed by atoms with van der Waals surface area (Å²) in [4.78, 5) is 35.3. The topological polar surface area (TPSA) is 99.3 Å². The minimum Gasteiger partial charge on any atom is -0.480 e. The average Bonchev–Trinajstić information content (AvgIpc) is 2.33. The van der Waals surface area contributed by atoms with E-state index in [9.17, 15) is 27.6 Å². The van der Waals surface area contributed by atoms with Crippen molar-refractivity contribution in [1.29, 1.82) is 0 Å². The van der Waals surface area contributed by atoms with E-state index in [2.05, 4.69) is 0 Å². The number of aliphatic carboxylic acids is 1. The molecule has 0 unspecified atom stereocenters. The van der Waals surface area contributed by atoms with Crippen molar-refractivity contribution in [2.75, 3.05) is 0 Å². The average molecular weight is 292 g/mol. The molecule has 1 aromatic rings. The van der Waals surface area contributed by atoms with Crippen molar-refractivity contribution >= 4 is 11.9 Å². The zero-order valence-corrected chi connectivity index (χ0v) is 10.2. The Kier molecular flexibility index (Phi) is 4.53. The summed E-state index contributed by atoms with van der Waals surface area (Å²) in [5, 5.41) is 10.8. The number of aromatic nitrogens is 1. The molecule has 1 rings (SSSR count). The number of alkyl halides is 3. The van der Waals surface area contributed by atoms with Crippen LogP contribution in [0.5, 0.6) is 0 Å². The zero-order valence-electron chi connectivity index (χ0n) is 10.2. The fraction of sp³-hybridized carbons (Fsp3) is 0.364. The maximum Gasteiger partial charge on any atom is 0.431 e. The van der Waals surface area contributed by atoms with E-state index >= 15 is 0 Å². The van der Waals surface area contributed by atoms with Crippen molar-refractivity contribution in [3.8, 4) is 0 Å². The van der Waals surface area contributed by atoms with Gasteiger partial charge in [0.15, 0.2) is 0 Å². The number of aromatic amines is 1. The Morgan fingerprint density at radius 2 is 2.00 bits per heavy atom. The molecule has 1 heterocycles. The summed E-state index contributed by atoms with van der Waals surface area (Å²) < 4.78 is 37.0. The SMILES string of the molecule is CC[C@H](NC(=O)c1ccc(C(F)(F)F)[nH]c1=O)C(=O)O. The summed E-state index contributed by atoms with van der Waals surface area (Å²) in [5.41, 5.74) is -3.11. The number of amides is 1. The van der Waals surface area contributed by atoms with Crippen LogP contribution in [-0.2, 0) is 11.0 Å². The highest BCUT2D eigenvalue weighted by Gasteiger charge is 2.32. The van der Waals surface area contributed by atoms with Crippen LogP contribution >= 0.6 is 0 Å². The van der Waals surface area contributed by atoms with Gasteiger partial charge in [0.25, 0.3) is 11.5 Å². The van der Waals surface area contributed by atoms with Gasteiger partial charge in [-0.25, -0.2) is 4.79 Å². The lowest BCUT2D eigenvalue weighted by atomic mass is 10.2. The van der Waals surface area contributed by atoms with E-state index in [1.165, 1.54) is 11.9 Å². The molecule has 0 aliphatic heterocycles. The molecule has 110 valence electrons. The van der Waals surface area contributed by atoms with Crippen LogP contribution in [0, 0.1) is 0 Å². The van der Waals surface area contributed by atoms with E-state index in [1.807, 2.05) is 5.32 Å². The Labute approximate surface area is 110 Å². The summed E-state index contributed by atoms with van der Waals surface area (Å²) in [6.07, 6.45) is -4.67. The highest BCUT2D eigenvalue weighted by atomic mass is 19.4. The fourth-order valence-electron chi connectivity index (χ4n) is 1.39.